The molecular formula is C23H22F6N4O4S. The zero-order chi connectivity index (χ0) is 28.5. The number of hydrogen-bond acceptors (Lipinski definition) is 7. The van der Waals surface area contributed by atoms with Crippen LogP contribution in [0.25, 0.3) is 11.3 Å². The maximum absolute atomic E-state index is 10.6. The Bertz CT molecular complexity index is 1190. The first-order valence-electron chi connectivity index (χ1n) is 10.8. The minimum Gasteiger partial charge on any atom is -0.475 e. The third-order valence-electron chi connectivity index (χ3n) is 4.99. The lowest BCUT2D eigenvalue weighted by Crippen LogP contribution is -2.25. The van der Waals surface area contributed by atoms with Gasteiger partial charge in [0.1, 0.15) is 6.33 Å². The molecule has 38 heavy (non-hydrogen) atoms. The van der Waals surface area contributed by atoms with Crippen molar-refractivity contribution in [1.29, 1.82) is 0 Å². The summed E-state index contributed by atoms with van der Waals surface area (Å²) in [7, 11) is 0. The molecule has 4 rings (SSSR count). The van der Waals surface area contributed by atoms with Crippen LogP contribution in [0.15, 0.2) is 43.0 Å². The van der Waals surface area contributed by atoms with Crippen LogP contribution in [0.1, 0.15) is 21.0 Å². The van der Waals surface area contributed by atoms with E-state index in [9.17, 15) is 26.3 Å². The van der Waals surface area contributed by atoms with Crippen molar-refractivity contribution in [2.45, 2.75) is 38.7 Å². The number of alkyl halides is 6. The average Bonchev–Trinajstić information content (AvgIpc) is 3.13. The quantitative estimate of drug-likeness (QED) is 0.437. The zero-order valence-corrected chi connectivity index (χ0v) is 20.6. The van der Waals surface area contributed by atoms with Gasteiger partial charge < -0.3 is 10.2 Å². The van der Waals surface area contributed by atoms with Crippen LogP contribution in [0.3, 0.4) is 0 Å². The van der Waals surface area contributed by atoms with E-state index in [1.165, 1.54) is 21.0 Å². The van der Waals surface area contributed by atoms with Gasteiger partial charge in [-0.15, -0.1) is 11.3 Å². The van der Waals surface area contributed by atoms with Crippen LogP contribution in [0.5, 0.6) is 0 Å². The smallest absolute Gasteiger partial charge is 0.475 e. The molecule has 0 aromatic carbocycles. The van der Waals surface area contributed by atoms with Crippen molar-refractivity contribution in [1.82, 2.24) is 19.9 Å². The molecule has 0 spiro atoms. The Hall–Kier alpha value is -3.59. The van der Waals surface area contributed by atoms with E-state index in [1.54, 1.807) is 6.33 Å². The summed E-state index contributed by atoms with van der Waals surface area (Å²) in [5, 5.41) is 14.2. The summed E-state index contributed by atoms with van der Waals surface area (Å²) in [5.41, 5.74) is 4.69. The summed E-state index contributed by atoms with van der Waals surface area (Å²) in [6.07, 6.45) is -2.83. The highest BCUT2D eigenvalue weighted by Gasteiger charge is 2.38. The van der Waals surface area contributed by atoms with E-state index in [-0.39, 0.29) is 0 Å². The second kappa shape index (κ2) is 13.3. The monoisotopic (exact) mass is 564 g/mol. The normalized spacial score (nSPS) is 13.7. The van der Waals surface area contributed by atoms with E-state index in [0.29, 0.717) is 0 Å². The summed E-state index contributed by atoms with van der Waals surface area (Å²) in [6, 6.07) is 8.51. The molecule has 4 heterocycles. The van der Waals surface area contributed by atoms with Gasteiger partial charge in [0.25, 0.3) is 0 Å². The Kier molecular flexibility index (Phi) is 10.7. The molecule has 3 aromatic heterocycles. The Morgan fingerprint density at radius 2 is 1.47 bits per heavy atom. The molecule has 0 radical (unpaired) electrons. The van der Waals surface area contributed by atoms with E-state index < -0.39 is 24.3 Å². The van der Waals surface area contributed by atoms with Gasteiger partial charge in [0.2, 0.25) is 0 Å². The number of halogens is 6. The third-order valence-corrected chi connectivity index (χ3v) is 5.98. The summed E-state index contributed by atoms with van der Waals surface area (Å²) < 4.78 is 63.5. The van der Waals surface area contributed by atoms with Crippen LogP contribution in [0.4, 0.5) is 26.3 Å². The highest BCUT2D eigenvalue weighted by atomic mass is 32.1. The number of carbonyl (C=O) groups is 2. The van der Waals surface area contributed by atoms with E-state index in [2.05, 4.69) is 38.9 Å². The molecule has 15 heteroatoms. The van der Waals surface area contributed by atoms with Gasteiger partial charge in [0.05, 0.1) is 5.69 Å². The predicted molar refractivity (Wildman–Crippen MR) is 124 cm³/mol. The number of carboxylic acids is 2. The first-order chi connectivity index (χ1) is 17.7. The van der Waals surface area contributed by atoms with Crippen LogP contribution in [0, 0.1) is 6.92 Å². The van der Waals surface area contributed by atoms with Crippen molar-refractivity contribution in [3.8, 4) is 11.3 Å². The largest absolute Gasteiger partial charge is 0.490 e. The van der Waals surface area contributed by atoms with Gasteiger partial charge in [0.15, 0.2) is 0 Å². The van der Waals surface area contributed by atoms with E-state index in [4.69, 9.17) is 19.8 Å². The summed E-state index contributed by atoms with van der Waals surface area (Å²) >= 11 is 1.90. The molecule has 0 amide bonds. The standard InChI is InChI=1S/C19H20N4S.2C2HF3O2/c1-14-2-3-16(24-14)12-23-10-6-17-18(7-11-23)21-13-22-19(17)15-4-8-20-9-5-15;2*3-2(4,5)1(6)7/h2-5,8-9,13H,6-7,10-12H2,1H3;2*(H,6,7). The van der Waals surface area contributed by atoms with Crippen LogP contribution in [0.2, 0.25) is 0 Å². The molecule has 206 valence electrons. The average molecular weight is 565 g/mol. The Labute approximate surface area is 216 Å². The number of aryl methyl sites for hydroxylation is 1. The van der Waals surface area contributed by atoms with Crippen molar-refractivity contribution < 1.29 is 46.1 Å². The topological polar surface area (TPSA) is 117 Å². The van der Waals surface area contributed by atoms with E-state index >= 15 is 0 Å². The van der Waals surface area contributed by atoms with E-state index in [0.717, 1.165) is 43.7 Å². The van der Waals surface area contributed by atoms with Crippen LogP contribution in [-0.2, 0) is 29.0 Å². The van der Waals surface area contributed by atoms with Gasteiger partial charge in [-0.3, -0.25) is 9.88 Å². The summed E-state index contributed by atoms with van der Waals surface area (Å²) in [5.74, 6) is -5.51. The molecular weight excluding hydrogens is 542 g/mol. The molecule has 0 unspecified atom stereocenters. The van der Waals surface area contributed by atoms with Crippen LogP contribution < -0.4 is 0 Å². The summed E-state index contributed by atoms with van der Waals surface area (Å²) in [4.78, 5) is 36.4. The highest BCUT2D eigenvalue weighted by molar-refractivity contribution is 7.11. The minimum absolute atomic E-state index is 0.986. The van der Waals surface area contributed by atoms with Crippen molar-refractivity contribution in [2.24, 2.45) is 0 Å². The Balaban J connectivity index is 0.000000301. The van der Waals surface area contributed by atoms with E-state index in [1.807, 2.05) is 35.9 Å². The maximum Gasteiger partial charge on any atom is 0.490 e. The number of aromatic nitrogens is 3. The number of aliphatic carboxylic acids is 2. The van der Waals surface area contributed by atoms with Gasteiger partial charge in [-0.1, -0.05) is 0 Å². The molecule has 0 saturated carbocycles. The second-order valence-corrected chi connectivity index (χ2v) is 9.15. The zero-order valence-electron chi connectivity index (χ0n) is 19.8. The third kappa shape index (κ3) is 9.70. The molecule has 0 atom stereocenters. The van der Waals surface area contributed by atoms with Crippen molar-refractivity contribution >= 4 is 23.3 Å². The molecule has 8 nitrogen and oxygen atoms in total. The molecule has 0 bridgehead atoms. The van der Waals surface area contributed by atoms with Crippen LogP contribution in [-0.4, -0.2) is 67.4 Å². The number of pyridine rings is 1. The van der Waals surface area contributed by atoms with Gasteiger partial charge in [0, 0.05) is 65.0 Å². The minimum atomic E-state index is -5.08. The summed E-state index contributed by atoms with van der Waals surface area (Å²) in [6.45, 7) is 5.31. The van der Waals surface area contributed by atoms with Gasteiger partial charge in [-0.25, -0.2) is 19.6 Å². The molecule has 0 aliphatic carbocycles. The van der Waals surface area contributed by atoms with Gasteiger partial charge in [-0.2, -0.15) is 26.3 Å². The van der Waals surface area contributed by atoms with Crippen molar-refractivity contribution in [2.75, 3.05) is 13.1 Å². The van der Waals surface area contributed by atoms with Gasteiger partial charge >= 0.3 is 24.3 Å². The van der Waals surface area contributed by atoms with Crippen LogP contribution >= 0.6 is 11.3 Å². The SMILES string of the molecule is Cc1ccc(CN2CCc3ncnc(-c4ccncc4)c3CC2)s1.O=C(O)C(F)(F)F.O=C(O)C(F)(F)F. The molecule has 0 fully saturated rings. The Morgan fingerprint density at radius 1 is 0.921 bits per heavy atom. The predicted octanol–water partition coefficient (Wildman–Crippen LogP) is 4.78. The number of rotatable bonds is 3. The Morgan fingerprint density at radius 3 is 1.97 bits per heavy atom. The maximum atomic E-state index is 10.6. The fourth-order valence-electron chi connectivity index (χ4n) is 3.28. The first kappa shape index (κ1) is 30.6. The first-order valence-corrected chi connectivity index (χ1v) is 11.6. The van der Waals surface area contributed by atoms with Gasteiger partial charge in [-0.05, 0) is 37.6 Å². The lowest BCUT2D eigenvalue weighted by molar-refractivity contribution is -0.193. The lowest BCUT2D eigenvalue weighted by Gasteiger charge is -2.18. The lowest BCUT2D eigenvalue weighted by atomic mass is 10.0. The number of hydrogen-bond donors (Lipinski definition) is 2. The fraction of sp³-hybridized carbons (Fsp3) is 0.348. The number of fused-ring (bicyclic) bond motifs is 1. The van der Waals surface area contributed by atoms with Crippen molar-refractivity contribution in [3.63, 3.8) is 0 Å². The number of thiophene rings is 1. The fourth-order valence-corrected chi connectivity index (χ4v) is 4.21. The number of carboxylic acid groups (broad SMARTS) is 2. The molecule has 1 aliphatic heterocycles. The molecule has 2 N–H and O–H groups in total. The van der Waals surface area contributed by atoms with Crippen molar-refractivity contribution in [3.05, 3.63) is 64.0 Å². The number of nitrogens with zero attached hydrogens (tertiary/aromatic N) is 4. The molecule has 0 saturated heterocycles. The highest BCUT2D eigenvalue weighted by Crippen LogP contribution is 2.26. The molecule has 1 aliphatic rings. The second-order valence-electron chi connectivity index (χ2n) is 7.78. The molecule has 3 aromatic rings.